The molecule has 0 amide bonds. The third-order valence-electron chi connectivity index (χ3n) is 4.17. The topological polar surface area (TPSA) is 47.6 Å². The second kappa shape index (κ2) is 4.34. The van der Waals surface area contributed by atoms with Crippen LogP contribution in [0, 0.1) is 11.8 Å². The summed E-state index contributed by atoms with van der Waals surface area (Å²) in [6.07, 6.45) is 4.57. The summed E-state index contributed by atoms with van der Waals surface area (Å²) in [6.45, 7) is 2.29. The molecule has 1 aliphatic carbocycles. The average Bonchev–Trinajstić information content (AvgIpc) is 2.92. The molecular formula is C12H19NO3. The molecule has 16 heavy (non-hydrogen) atoms. The second-order valence-corrected chi connectivity index (χ2v) is 5.16. The fourth-order valence-corrected chi connectivity index (χ4v) is 3.29. The Hall–Kier alpha value is -0.610. The van der Waals surface area contributed by atoms with E-state index in [-0.39, 0.29) is 18.1 Å². The molecule has 0 aromatic rings. The van der Waals surface area contributed by atoms with Gasteiger partial charge in [-0.3, -0.25) is 4.79 Å². The SMILES string of the molecule is O=C(OC1CCOC1)C1NCC2CCCC21. The van der Waals surface area contributed by atoms with Crippen molar-refractivity contribution in [3.63, 3.8) is 0 Å². The van der Waals surface area contributed by atoms with E-state index in [1.165, 1.54) is 19.3 Å². The number of carbonyl (C=O) groups excluding carboxylic acids is 1. The molecule has 4 unspecified atom stereocenters. The minimum absolute atomic E-state index is 0.00486. The van der Waals surface area contributed by atoms with Gasteiger partial charge in [0.05, 0.1) is 13.2 Å². The van der Waals surface area contributed by atoms with Crippen molar-refractivity contribution in [1.82, 2.24) is 5.32 Å². The van der Waals surface area contributed by atoms with Crippen molar-refractivity contribution >= 4 is 5.97 Å². The molecule has 0 spiro atoms. The summed E-state index contributed by atoms with van der Waals surface area (Å²) < 4.78 is 10.7. The molecule has 2 saturated heterocycles. The Bertz CT molecular complexity index is 275. The van der Waals surface area contributed by atoms with E-state index in [2.05, 4.69) is 5.32 Å². The van der Waals surface area contributed by atoms with Gasteiger partial charge in [0.15, 0.2) is 0 Å². The van der Waals surface area contributed by atoms with Gasteiger partial charge in [-0.15, -0.1) is 0 Å². The highest BCUT2D eigenvalue weighted by Gasteiger charge is 2.43. The molecule has 4 atom stereocenters. The van der Waals surface area contributed by atoms with Crippen LogP contribution < -0.4 is 5.32 Å². The zero-order valence-electron chi connectivity index (χ0n) is 9.48. The van der Waals surface area contributed by atoms with E-state index in [4.69, 9.17) is 9.47 Å². The van der Waals surface area contributed by atoms with Crippen LogP contribution in [0.1, 0.15) is 25.7 Å². The van der Waals surface area contributed by atoms with Gasteiger partial charge in [0, 0.05) is 6.42 Å². The predicted molar refractivity (Wildman–Crippen MR) is 57.9 cm³/mol. The highest BCUT2D eigenvalue weighted by atomic mass is 16.6. The molecule has 2 aliphatic heterocycles. The Kier molecular flexibility index (Phi) is 2.86. The lowest BCUT2D eigenvalue weighted by Crippen LogP contribution is -2.39. The summed E-state index contributed by atoms with van der Waals surface area (Å²) in [4.78, 5) is 12.0. The Balaban J connectivity index is 1.57. The van der Waals surface area contributed by atoms with Crippen LogP contribution in [0.15, 0.2) is 0 Å². The smallest absolute Gasteiger partial charge is 0.323 e. The van der Waals surface area contributed by atoms with Crippen LogP contribution in [0.2, 0.25) is 0 Å². The highest BCUT2D eigenvalue weighted by Crippen LogP contribution is 2.38. The van der Waals surface area contributed by atoms with E-state index in [9.17, 15) is 4.79 Å². The van der Waals surface area contributed by atoms with Gasteiger partial charge in [-0.25, -0.2) is 0 Å². The fourth-order valence-electron chi connectivity index (χ4n) is 3.29. The first-order valence-electron chi connectivity index (χ1n) is 6.36. The second-order valence-electron chi connectivity index (χ2n) is 5.16. The summed E-state index contributed by atoms with van der Waals surface area (Å²) in [7, 11) is 0. The number of fused-ring (bicyclic) bond motifs is 1. The van der Waals surface area contributed by atoms with Gasteiger partial charge in [-0.2, -0.15) is 0 Å². The van der Waals surface area contributed by atoms with Crippen molar-refractivity contribution in [1.29, 1.82) is 0 Å². The number of hydrogen-bond acceptors (Lipinski definition) is 4. The van der Waals surface area contributed by atoms with Gasteiger partial charge in [0.25, 0.3) is 0 Å². The van der Waals surface area contributed by atoms with E-state index in [1.54, 1.807) is 0 Å². The van der Waals surface area contributed by atoms with Crippen LogP contribution in [0.3, 0.4) is 0 Å². The lowest BCUT2D eigenvalue weighted by atomic mass is 9.94. The van der Waals surface area contributed by atoms with Crippen LogP contribution in [-0.4, -0.2) is 37.9 Å². The zero-order valence-corrected chi connectivity index (χ0v) is 9.48. The standard InChI is InChI=1S/C12H19NO3/c14-12(16-9-4-5-15-7-9)11-10-3-1-2-8(10)6-13-11/h8-11,13H,1-7H2. The van der Waals surface area contributed by atoms with Gasteiger partial charge in [0.1, 0.15) is 12.1 Å². The van der Waals surface area contributed by atoms with Crippen LogP contribution in [0.5, 0.6) is 0 Å². The molecule has 4 heteroatoms. The fraction of sp³-hybridized carbons (Fsp3) is 0.917. The van der Waals surface area contributed by atoms with Crippen molar-refractivity contribution < 1.29 is 14.3 Å². The molecule has 2 heterocycles. The third kappa shape index (κ3) is 1.84. The molecule has 3 fully saturated rings. The maximum Gasteiger partial charge on any atom is 0.323 e. The summed E-state index contributed by atoms with van der Waals surface area (Å²) in [6, 6.07) is -0.0481. The molecule has 90 valence electrons. The first-order valence-corrected chi connectivity index (χ1v) is 6.36. The number of esters is 1. The van der Waals surface area contributed by atoms with Gasteiger partial charge in [-0.1, -0.05) is 6.42 Å². The van der Waals surface area contributed by atoms with Gasteiger partial charge < -0.3 is 14.8 Å². The van der Waals surface area contributed by atoms with Crippen molar-refractivity contribution in [2.24, 2.45) is 11.8 Å². The zero-order chi connectivity index (χ0) is 11.0. The Morgan fingerprint density at radius 2 is 2.25 bits per heavy atom. The quantitative estimate of drug-likeness (QED) is 0.703. The minimum atomic E-state index is -0.0510. The molecular weight excluding hydrogens is 206 g/mol. The van der Waals surface area contributed by atoms with E-state index in [1.807, 2.05) is 0 Å². The number of carbonyl (C=O) groups is 1. The van der Waals surface area contributed by atoms with Crippen LogP contribution in [0.25, 0.3) is 0 Å². The average molecular weight is 225 g/mol. The first-order chi connectivity index (χ1) is 7.84. The lowest BCUT2D eigenvalue weighted by Gasteiger charge is -2.19. The summed E-state index contributed by atoms with van der Waals surface area (Å²) >= 11 is 0. The summed E-state index contributed by atoms with van der Waals surface area (Å²) in [5.74, 6) is 1.18. The molecule has 1 N–H and O–H groups in total. The Morgan fingerprint density at radius 3 is 3.06 bits per heavy atom. The van der Waals surface area contributed by atoms with E-state index in [0.29, 0.717) is 18.4 Å². The highest BCUT2D eigenvalue weighted by molar-refractivity contribution is 5.77. The van der Waals surface area contributed by atoms with E-state index in [0.717, 1.165) is 19.6 Å². The molecule has 4 nitrogen and oxygen atoms in total. The molecule has 0 radical (unpaired) electrons. The minimum Gasteiger partial charge on any atom is -0.459 e. The molecule has 1 saturated carbocycles. The van der Waals surface area contributed by atoms with Crippen molar-refractivity contribution in [3.8, 4) is 0 Å². The van der Waals surface area contributed by atoms with Crippen molar-refractivity contribution in [3.05, 3.63) is 0 Å². The third-order valence-corrected chi connectivity index (χ3v) is 4.17. The van der Waals surface area contributed by atoms with Gasteiger partial charge in [0.2, 0.25) is 0 Å². The maximum absolute atomic E-state index is 12.0. The van der Waals surface area contributed by atoms with Crippen LogP contribution >= 0.6 is 0 Å². The van der Waals surface area contributed by atoms with Gasteiger partial charge >= 0.3 is 5.97 Å². The number of rotatable bonds is 2. The molecule has 0 bridgehead atoms. The molecule has 0 aromatic heterocycles. The first kappa shape index (κ1) is 10.5. The monoisotopic (exact) mass is 225 g/mol. The molecule has 0 aromatic carbocycles. The predicted octanol–water partition coefficient (Wildman–Crippen LogP) is 0.707. The van der Waals surface area contributed by atoms with E-state index >= 15 is 0 Å². The summed E-state index contributed by atoms with van der Waals surface area (Å²) in [5, 5.41) is 3.32. The maximum atomic E-state index is 12.0. The van der Waals surface area contributed by atoms with Gasteiger partial charge in [-0.05, 0) is 31.2 Å². The Morgan fingerprint density at radius 1 is 1.31 bits per heavy atom. The van der Waals surface area contributed by atoms with Crippen LogP contribution in [-0.2, 0) is 14.3 Å². The lowest BCUT2D eigenvalue weighted by molar-refractivity contribution is -0.152. The number of ether oxygens (including phenoxy) is 2. The number of hydrogen-bond donors (Lipinski definition) is 1. The Labute approximate surface area is 95.7 Å². The van der Waals surface area contributed by atoms with Crippen molar-refractivity contribution in [2.75, 3.05) is 19.8 Å². The normalized spacial score (nSPS) is 42.2. The number of nitrogens with one attached hydrogen (secondary N) is 1. The largest absolute Gasteiger partial charge is 0.459 e. The summed E-state index contributed by atoms with van der Waals surface area (Å²) in [5.41, 5.74) is 0. The van der Waals surface area contributed by atoms with Crippen molar-refractivity contribution in [2.45, 2.75) is 37.8 Å². The molecule has 3 aliphatic rings. The molecule has 3 rings (SSSR count). The van der Waals surface area contributed by atoms with E-state index < -0.39 is 0 Å². The van der Waals surface area contributed by atoms with Crippen LogP contribution in [0.4, 0.5) is 0 Å².